The molecule has 0 radical (unpaired) electrons. The van der Waals surface area contributed by atoms with Gasteiger partial charge in [0.1, 0.15) is 0 Å². The van der Waals surface area contributed by atoms with Crippen LogP contribution in [-0.2, 0) is 9.63 Å². The Bertz CT molecular complexity index is 585. The lowest BCUT2D eigenvalue weighted by Crippen LogP contribution is -2.39. The average Bonchev–Trinajstić information content (AvgIpc) is 2.96. The van der Waals surface area contributed by atoms with Crippen LogP contribution in [-0.4, -0.2) is 28.7 Å². The van der Waals surface area contributed by atoms with Gasteiger partial charge >= 0.3 is 0 Å². The Labute approximate surface area is 122 Å². The molecule has 0 unspecified atom stereocenters. The van der Waals surface area contributed by atoms with Gasteiger partial charge in [-0.2, -0.15) is 0 Å². The van der Waals surface area contributed by atoms with Crippen LogP contribution in [0.5, 0.6) is 0 Å². The van der Waals surface area contributed by atoms with Gasteiger partial charge in [0.05, 0.1) is 16.2 Å². The first-order chi connectivity index (χ1) is 10.0. The van der Waals surface area contributed by atoms with Crippen LogP contribution in [0.1, 0.15) is 32.3 Å². The third-order valence-corrected chi connectivity index (χ3v) is 3.37. The fourth-order valence-corrected chi connectivity index (χ4v) is 1.99. The van der Waals surface area contributed by atoms with Crippen molar-refractivity contribution in [2.24, 2.45) is 5.16 Å². The number of hydrogen-bond donors (Lipinski definition) is 1. The number of oxime groups is 1. The van der Waals surface area contributed by atoms with Gasteiger partial charge in [0.2, 0.25) is 6.10 Å². The van der Waals surface area contributed by atoms with Crippen LogP contribution >= 0.6 is 0 Å². The highest BCUT2D eigenvalue weighted by Crippen LogP contribution is 2.24. The number of para-hydroxylation sites is 1. The van der Waals surface area contributed by atoms with Crippen LogP contribution in [0, 0.1) is 10.1 Å². The number of nitrogens with one attached hydrogen (secondary N) is 1. The predicted molar refractivity (Wildman–Crippen MR) is 77.0 cm³/mol. The number of amides is 1. The maximum absolute atomic E-state index is 12.0. The van der Waals surface area contributed by atoms with Gasteiger partial charge in [0, 0.05) is 18.5 Å². The molecule has 0 spiro atoms. The zero-order valence-electron chi connectivity index (χ0n) is 11.9. The van der Waals surface area contributed by atoms with E-state index in [-0.39, 0.29) is 24.1 Å². The van der Waals surface area contributed by atoms with Crippen LogP contribution in [0.15, 0.2) is 29.4 Å². The highest BCUT2D eigenvalue weighted by atomic mass is 16.6. The summed E-state index contributed by atoms with van der Waals surface area (Å²) in [5, 5.41) is 17.7. The van der Waals surface area contributed by atoms with Crippen LogP contribution in [0.3, 0.4) is 0 Å². The lowest BCUT2D eigenvalue weighted by atomic mass is 10.0. The molecular formula is C14H17N3O4. The Morgan fingerprint density at radius 2 is 2.29 bits per heavy atom. The van der Waals surface area contributed by atoms with Crippen molar-refractivity contribution in [3.63, 3.8) is 0 Å². The summed E-state index contributed by atoms with van der Waals surface area (Å²) in [6, 6.07) is 6.35. The molecule has 1 aliphatic heterocycles. The molecule has 7 nitrogen and oxygen atoms in total. The first-order valence-electron chi connectivity index (χ1n) is 6.79. The Morgan fingerprint density at radius 1 is 1.57 bits per heavy atom. The zero-order chi connectivity index (χ0) is 15.4. The summed E-state index contributed by atoms with van der Waals surface area (Å²) in [6.45, 7) is 3.87. The highest BCUT2D eigenvalue weighted by molar-refractivity contribution is 6.06. The fraction of sp³-hybridized carbons (Fsp3) is 0.429. The van der Waals surface area contributed by atoms with Gasteiger partial charge in [-0.1, -0.05) is 24.2 Å². The van der Waals surface area contributed by atoms with Gasteiger partial charge in [-0.15, -0.1) is 0 Å². The standard InChI is InChI=1S/C14H17N3O4/c1-3-9(2)15-14(18)13-8-11(16-21-13)10-6-4-5-7-12(10)17(19)20/h4-7,9,13H,3,8H2,1-2H3,(H,15,18)/t9-,13-/m1/s1. The van der Waals surface area contributed by atoms with E-state index in [1.54, 1.807) is 18.2 Å². The molecule has 1 heterocycles. The molecule has 112 valence electrons. The fourth-order valence-electron chi connectivity index (χ4n) is 1.99. The summed E-state index contributed by atoms with van der Waals surface area (Å²) in [6.07, 6.45) is 0.317. The van der Waals surface area contributed by atoms with Crippen LogP contribution in [0.25, 0.3) is 0 Å². The summed E-state index contributed by atoms with van der Waals surface area (Å²) in [7, 11) is 0. The van der Waals surface area contributed by atoms with Crippen LogP contribution in [0.4, 0.5) is 5.69 Å². The molecule has 1 amide bonds. The number of rotatable bonds is 5. The zero-order valence-corrected chi connectivity index (χ0v) is 11.9. The maximum Gasteiger partial charge on any atom is 0.278 e. The molecular weight excluding hydrogens is 274 g/mol. The van der Waals surface area contributed by atoms with E-state index in [4.69, 9.17) is 4.84 Å². The van der Waals surface area contributed by atoms with E-state index in [0.717, 1.165) is 6.42 Å². The van der Waals surface area contributed by atoms with Gasteiger partial charge in [-0.25, -0.2) is 0 Å². The molecule has 21 heavy (non-hydrogen) atoms. The molecule has 0 saturated heterocycles. The second-order valence-corrected chi connectivity index (χ2v) is 4.93. The molecule has 0 aliphatic carbocycles. The van der Waals surface area contributed by atoms with Gasteiger partial charge in [0.25, 0.3) is 11.6 Å². The van der Waals surface area contributed by atoms with Crippen molar-refractivity contribution in [1.29, 1.82) is 0 Å². The molecule has 0 bridgehead atoms. The predicted octanol–water partition coefficient (Wildman–Crippen LogP) is 2.00. The topological polar surface area (TPSA) is 93.8 Å². The van der Waals surface area contributed by atoms with Crippen molar-refractivity contribution in [2.75, 3.05) is 0 Å². The lowest BCUT2D eigenvalue weighted by Gasteiger charge is -2.14. The highest BCUT2D eigenvalue weighted by Gasteiger charge is 2.32. The van der Waals surface area contributed by atoms with Crippen molar-refractivity contribution < 1.29 is 14.6 Å². The number of nitro benzene ring substituents is 1. The van der Waals surface area contributed by atoms with Crippen molar-refractivity contribution in [1.82, 2.24) is 5.32 Å². The molecule has 1 aliphatic rings. The van der Waals surface area contributed by atoms with E-state index in [1.807, 2.05) is 13.8 Å². The Morgan fingerprint density at radius 3 is 2.95 bits per heavy atom. The number of hydrogen-bond acceptors (Lipinski definition) is 5. The third-order valence-electron chi connectivity index (χ3n) is 3.37. The minimum absolute atomic E-state index is 0.0390. The quantitative estimate of drug-likeness (QED) is 0.663. The van der Waals surface area contributed by atoms with Gasteiger partial charge in [-0.3, -0.25) is 14.9 Å². The normalized spacial score (nSPS) is 18.6. The molecule has 1 aromatic carbocycles. The van der Waals surface area contributed by atoms with Crippen LogP contribution in [0.2, 0.25) is 0 Å². The second kappa shape index (κ2) is 6.34. The van der Waals surface area contributed by atoms with Gasteiger partial charge < -0.3 is 10.2 Å². The van der Waals surface area contributed by atoms with E-state index in [2.05, 4.69) is 10.5 Å². The first-order valence-corrected chi connectivity index (χ1v) is 6.79. The molecule has 0 aromatic heterocycles. The summed E-state index contributed by atoms with van der Waals surface area (Å²) < 4.78 is 0. The Balaban J connectivity index is 2.09. The molecule has 0 saturated carbocycles. The maximum atomic E-state index is 12.0. The Kier molecular flexibility index (Phi) is 4.52. The summed E-state index contributed by atoms with van der Waals surface area (Å²) >= 11 is 0. The monoisotopic (exact) mass is 291 g/mol. The molecule has 1 aromatic rings. The molecule has 0 fully saturated rings. The molecule has 2 atom stereocenters. The SMILES string of the molecule is CC[C@@H](C)NC(=O)[C@H]1CC(c2ccccc2[N+](=O)[O-])=NO1. The van der Waals surface area contributed by atoms with E-state index < -0.39 is 11.0 Å². The number of carbonyl (C=O) groups excluding carboxylic acids is 1. The van der Waals surface area contributed by atoms with E-state index in [0.29, 0.717) is 11.3 Å². The number of benzene rings is 1. The van der Waals surface area contributed by atoms with Crippen molar-refractivity contribution in [3.8, 4) is 0 Å². The minimum atomic E-state index is -0.728. The minimum Gasteiger partial charge on any atom is -0.382 e. The van der Waals surface area contributed by atoms with Crippen molar-refractivity contribution in [2.45, 2.75) is 38.8 Å². The molecule has 2 rings (SSSR count). The summed E-state index contributed by atoms with van der Waals surface area (Å²) in [4.78, 5) is 27.6. The van der Waals surface area contributed by atoms with Gasteiger partial charge in [0.15, 0.2) is 0 Å². The largest absolute Gasteiger partial charge is 0.382 e. The van der Waals surface area contributed by atoms with E-state index in [1.165, 1.54) is 6.07 Å². The number of nitrogens with zero attached hydrogens (tertiary/aromatic N) is 2. The van der Waals surface area contributed by atoms with Crippen molar-refractivity contribution >= 4 is 17.3 Å². The number of carbonyl (C=O) groups is 1. The second-order valence-electron chi connectivity index (χ2n) is 4.93. The van der Waals surface area contributed by atoms with E-state index >= 15 is 0 Å². The molecule has 1 N–H and O–H groups in total. The molecule has 7 heteroatoms. The van der Waals surface area contributed by atoms with Gasteiger partial charge in [-0.05, 0) is 19.4 Å². The van der Waals surface area contributed by atoms with Crippen molar-refractivity contribution in [3.05, 3.63) is 39.9 Å². The van der Waals surface area contributed by atoms with E-state index in [9.17, 15) is 14.9 Å². The third kappa shape index (κ3) is 3.36. The summed E-state index contributed by atoms with van der Waals surface area (Å²) in [5.74, 6) is -0.248. The number of nitro groups is 1. The first kappa shape index (κ1) is 15.0. The van der Waals surface area contributed by atoms with Crippen LogP contribution < -0.4 is 5.32 Å². The Hall–Kier alpha value is -2.44. The lowest BCUT2D eigenvalue weighted by molar-refractivity contribution is -0.385. The smallest absolute Gasteiger partial charge is 0.278 e. The average molecular weight is 291 g/mol. The summed E-state index contributed by atoms with van der Waals surface area (Å²) in [5.41, 5.74) is 0.774.